The number of nitrogens with one attached hydrogen (secondary N) is 1. The first-order chi connectivity index (χ1) is 10.1. The van der Waals surface area contributed by atoms with E-state index in [9.17, 15) is 4.79 Å². The molecule has 5 heteroatoms. The van der Waals surface area contributed by atoms with Crippen LogP contribution in [0.2, 0.25) is 5.02 Å². The first-order valence-corrected chi connectivity index (χ1v) is 7.00. The van der Waals surface area contributed by atoms with Crippen LogP contribution >= 0.6 is 11.6 Å². The molecule has 0 spiro atoms. The van der Waals surface area contributed by atoms with Crippen molar-refractivity contribution in [1.82, 2.24) is 10.3 Å². The van der Waals surface area contributed by atoms with E-state index in [1.54, 1.807) is 6.20 Å². The maximum Gasteiger partial charge on any atom is 0.258 e. The topological polar surface area (TPSA) is 51.2 Å². The van der Waals surface area contributed by atoms with Crippen molar-refractivity contribution in [2.75, 3.05) is 6.61 Å². The van der Waals surface area contributed by atoms with Gasteiger partial charge in [-0.1, -0.05) is 17.7 Å². The molecule has 0 saturated carbocycles. The zero-order valence-corrected chi connectivity index (χ0v) is 12.8. The predicted octanol–water partition coefficient (Wildman–Crippen LogP) is 3.05. The van der Waals surface area contributed by atoms with Crippen molar-refractivity contribution in [2.45, 2.75) is 20.4 Å². The molecule has 0 aliphatic carbocycles. The van der Waals surface area contributed by atoms with E-state index in [4.69, 9.17) is 16.3 Å². The molecular formula is C16H17ClN2O2. The van der Waals surface area contributed by atoms with E-state index in [1.807, 2.05) is 44.2 Å². The molecule has 1 aromatic carbocycles. The van der Waals surface area contributed by atoms with Gasteiger partial charge in [0.1, 0.15) is 5.75 Å². The van der Waals surface area contributed by atoms with Crippen LogP contribution in [0.5, 0.6) is 5.75 Å². The summed E-state index contributed by atoms with van der Waals surface area (Å²) in [5, 5.41) is 3.43. The summed E-state index contributed by atoms with van der Waals surface area (Å²) in [7, 11) is 0. The average molecular weight is 305 g/mol. The van der Waals surface area contributed by atoms with Crippen LogP contribution in [0, 0.1) is 13.8 Å². The van der Waals surface area contributed by atoms with Crippen molar-refractivity contribution in [2.24, 2.45) is 0 Å². The number of carbonyl (C=O) groups excluding carboxylic acids is 1. The number of benzene rings is 1. The van der Waals surface area contributed by atoms with Crippen LogP contribution < -0.4 is 10.1 Å². The third-order valence-corrected chi connectivity index (χ3v) is 3.18. The molecule has 0 unspecified atom stereocenters. The van der Waals surface area contributed by atoms with Gasteiger partial charge in [-0.2, -0.15) is 0 Å². The summed E-state index contributed by atoms with van der Waals surface area (Å²) in [4.78, 5) is 15.9. The van der Waals surface area contributed by atoms with Crippen molar-refractivity contribution < 1.29 is 9.53 Å². The largest absolute Gasteiger partial charge is 0.483 e. The van der Waals surface area contributed by atoms with Gasteiger partial charge in [0.15, 0.2) is 6.61 Å². The first-order valence-electron chi connectivity index (χ1n) is 6.62. The average Bonchev–Trinajstić information content (AvgIpc) is 2.45. The summed E-state index contributed by atoms with van der Waals surface area (Å²) < 4.78 is 5.58. The van der Waals surface area contributed by atoms with Gasteiger partial charge in [-0.3, -0.25) is 9.78 Å². The fourth-order valence-electron chi connectivity index (χ4n) is 2.01. The molecule has 4 nitrogen and oxygen atoms in total. The highest BCUT2D eigenvalue weighted by Crippen LogP contribution is 2.26. The number of amides is 1. The van der Waals surface area contributed by atoms with Gasteiger partial charge in [-0.25, -0.2) is 0 Å². The molecule has 1 aromatic heterocycles. The Hall–Kier alpha value is -2.07. The lowest BCUT2D eigenvalue weighted by Gasteiger charge is -2.12. The molecule has 0 aliphatic rings. The zero-order chi connectivity index (χ0) is 15.2. The zero-order valence-electron chi connectivity index (χ0n) is 12.0. The summed E-state index contributed by atoms with van der Waals surface area (Å²) in [5.41, 5.74) is 2.64. The lowest BCUT2D eigenvalue weighted by molar-refractivity contribution is -0.123. The number of pyridine rings is 1. The molecule has 0 radical (unpaired) electrons. The highest BCUT2D eigenvalue weighted by Gasteiger charge is 2.08. The monoisotopic (exact) mass is 304 g/mol. The van der Waals surface area contributed by atoms with Crippen LogP contribution in [-0.4, -0.2) is 17.5 Å². The number of nitrogens with zero attached hydrogens (tertiary/aromatic N) is 1. The highest BCUT2D eigenvalue weighted by molar-refractivity contribution is 6.30. The fourth-order valence-corrected chi connectivity index (χ4v) is 2.33. The molecule has 1 N–H and O–H groups in total. The van der Waals surface area contributed by atoms with Crippen LogP contribution in [0.15, 0.2) is 36.5 Å². The van der Waals surface area contributed by atoms with Crippen LogP contribution in [0.3, 0.4) is 0 Å². The second kappa shape index (κ2) is 7.09. The molecule has 1 heterocycles. The molecule has 0 saturated heterocycles. The molecule has 2 aromatic rings. The number of aromatic nitrogens is 1. The summed E-state index contributed by atoms with van der Waals surface area (Å²) >= 11 is 5.96. The van der Waals surface area contributed by atoms with Crippen LogP contribution in [0.4, 0.5) is 0 Å². The van der Waals surface area contributed by atoms with E-state index < -0.39 is 0 Å². The Morgan fingerprint density at radius 1 is 1.29 bits per heavy atom. The Balaban J connectivity index is 1.87. The van der Waals surface area contributed by atoms with Gasteiger partial charge in [0.25, 0.3) is 5.91 Å². The predicted molar refractivity (Wildman–Crippen MR) is 82.5 cm³/mol. The van der Waals surface area contributed by atoms with Gasteiger partial charge in [-0.05, 0) is 49.2 Å². The van der Waals surface area contributed by atoms with E-state index in [2.05, 4.69) is 10.3 Å². The number of ether oxygens (including phenoxy) is 1. The van der Waals surface area contributed by atoms with Crippen LogP contribution in [0.25, 0.3) is 0 Å². The van der Waals surface area contributed by atoms with Gasteiger partial charge in [0.05, 0.1) is 12.2 Å². The number of rotatable bonds is 5. The molecule has 1 amide bonds. The van der Waals surface area contributed by atoms with E-state index in [1.165, 1.54) is 0 Å². The number of aryl methyl sites for hydroxylation is 2. The third kappa shape index (κ3) is 4.46. The van der Waals surface area contributed by atoms with E-state index in [0.717, 1.165) is 16.8 Å². The Labute approximate surface area is 129 Å². The maximum absolute atomic E-state index is 11.8. The van der Waals surface area contributed by atoms with Crippen LogP contribution in [-0.2, 0) is 11.3 Å². The van der Waals surface area contributed by atoms with E-state index in [0.29, 0.717) is 17.3 Å². The Kier molecular flexibility index (Phi) is 5.17. The molecular weight excluding hydrogens is 288 g/mol. The SMILES string of the molecule is Cc1cc(Cl)cc(C)c1OCC(=O)NCc1ccccn1. The molecule has 21 heavy (non-hydrogen) atoms. The maximum atomic E-state index is 11.8. The summed E-state index contributed by atoms with van der Waals surface area (Å²) in [6.07, 6.45) is 1.69. The molecule has 2 rings (SSSR count). The van der Waals surface area contributed by atoms with E-state index in [-0.39, 0.29) is 12.5 Å². The van der Waals surface area contributed by atoms with E-state index >= 15 is 0 Å². The third-order valence-electron chi connectivity index (χ3n) is 2.97. The van der Waals surface area contributed by atoms with Crippen molar-refractivity contribution in [3.63, 3.8) is 0 Å². The van der Waals surface area contributed by atoms with Gasteiger partial charge in [0, 0.05) is 11.2 Å². The Morgan fingerprint density at radius 3 is 2.62 bits per heavy atom. The summed E-state index contributed by atoms with van der Waals surface area (Å²) in [6.45, 7) is 4.16. The first kappa shape index (κ1) is 15.3. The van der Waals surface area contributed by atoms with Crippen molar-refractivity contribution in [3.8, 4) is 5.75 Å². The van der Waals surface area contributed by atoms with Gasteiger partial charge < -0.3 is 10.1 Å². The fraction of sp³-hybridized carbons (Fsp3) is 0.250. The smallest absolute Gasteiger partial charge is 0.258 e. The number of carbonyl (C=O) groups is 1. The summed E-state index contributed by atoms with van der Waals surface area (Å²) in [6, 6.07) is 9.20. The van der Waals surface area contributed by atoms with Gasteiger partial charge in [0.2, 0.25) is 0 Å². The normalized spacial score (nSPS) is 10.2. The minimum absolute atomic E-state index is 0.0316. The standard InChI is InChI=1S/C16H17ClN2O2/c1-11-7-13(17)8-12(2)16(11)21-10-15(20)19-9-14-5-3-4-6-18-14/h3-8H,9-10H2,1-2H3,(H,19,20). The minimum atomic E-state index is -0.186. The summed E-state index contributed by atoms with van der Waals surface area (Å²) in [5.74, 6) is 0.516. The van der Waals surface area contributed by atoms with Crippen LogP contribution in [0.1, 0.15) is 16.8 Å². The molecule has 110 valence electrons. The molecule has 0 atom stereocenters. The Bertz CT molecular complexity index is 606. The quantitative estimate of drug-likeness (QED) is 0.923. The molecule has 0 aliphatic heterocycles. The lowest BCUT2D eigenvalue weighted by atomic mass is 10.1. The number of hydrogen-bond acceptors (Lipinski definition) is 3. The Morgan fingerprint density at radius 2 is 2.00 bits per heavy atom. The molecule has 0 bridgehead atoms. The second-order valence-electron chi connectivity index (χ2n) is 4.76. The second-order valence-corrected chi connectivity index (χ2v) is 5.19. The lowest BCUT2D eigenvalue weighted by Crippen LogP contribution is -2.28. The number of hydrogen-bond donors (Lipinski definition) is 1. The van der Waals surface area contributed by atoms with Crippen molar-refractivity contribution in [3.05, 3.63) is 58.4 Å². The highest BCUT2D eigenvalue weighted by atomic mass is 35.5. The van der Waals surface area contributed by atoms with Crippen molar-refractivity contribution in [1.29, 1.82) is 0 Å². The van der Waals surface area contributed by atoms with Crippen molar-refractivity contribution >= 4 is 17.5 Å². The van der Waals surface area contributed by atoms with Gasteiger partial charge in [-0.15, -0.1) is 0 Å². The minimum Gasteiger partial charge on any atom is -0.483 e. The molecule has 0 fully saturated rings. The van der Waals surface area contributed by atoms with Gasteiger partial charge >= 0.3 is 0 Å². The number of halogens is 1.